The van der Waals surface area contributed by atoms with Crippen molar-refractivity contribution in [2.75, 3.05) is 13.2 Å². The third kappa shape index (κ3) is 5.30. The lowest BCUT2D eigenvalue weighted by Crippen LogP contribution is -2.25. The predicted molar refractivity (Wildman–Crippen MR) is 76.0 cm³/mol. The largest absolute Gasteiger partial charge is 0.494 e. The zero-order chi connectivity index (χ0) is 15.0. The Kier molecular flexibility index (Phi) is 6.56. The molecule has 0 bridgehead atoms. The van der Waals surface area contributed by atoms with Crippen molar-refractivity contribution in [1.82, 2.24) is 5.32 Å². The van der Waals surface area contributed by atoms with Crippen molar-refractivity contribution in [3.05, 3.63) is 29.8 Å². The summed E-state index contributed by atoms with van der Waals surface area (Å²) in [4.78, 5) is 22.5. The Hall–Kier alpha value is -2.04. The van der Waals surface area contributed by atoms with Crippen LogP contribution in [0.15, 0.2) is 24.3 Å². The minimum Gasteiger partial charge on any atom is -0.494 e. The van der Waals surface area contributed by atoms with Gasteiger partial charge in [-0.15, -0.1) is 0 Å². The third-order valence-corrected chi connectivity index (χ3v) is 2.95. The number of amides is 1. The van der Waals surface area contributed by atoms with E-state index in [1.54, 1.807) is 31.2 Å². The molecule has 0 aliphatic heterocycles. The number of carboxylic acids is 1. The van der Waals surface area contributed by atoms with Crippen molar-refractivity contribution in [2.24, 2.45) is 5.92 Å². The Labute approximate surface area is 118 Å². The number of carboxylic acid groups (broad SMARTS) is 1. The molecule has 20 heavy (non-hydrogen) atoms. The van der Waals surface area contributed by atoms with Gasteiger partial charge in [-0.3, -0.25) is 9.59 Å². The molecule has 0 fully saturated rings. The van der Waals surface area contributed by atoms with Gasteiger partial charge in [-0.25, -0.2) is 0 Å². The van der Waals surface area contributed by atoms with Crippen LogP contribution < -0.4 is 10.1 Å². The van der Waals surface area contributed by atoms with E-state index in [9.17, 15) is 9.59 Å². The van der Waals surface area contributed by atoms with E-state index in [0.717, 1.165) is 5.75 Å². The summed E-state index contributed by atoms with van der Waals surface area (Å²) in [6, 6.07) is 6.93. The highest BCUT2D eigenvalue weighted by molar-refractivity contribution is 5.94. The summed E-state index contributed by atoms with van der Waals surface area (Å²) in [5.41, 5.74) is 0.569. The number of benzene rings is 1. The molecule has 1 unspecified atom stereocenters. The average molecular weight is 279 g/mol. The standard InChI is InChI=1S/C15H21NO4/c1-3-20-13-8-6-12(7-9-13)14(17)16-10-4-5-11(2)15(18)19/h6-9,11H,3-5,10H2,1-2H3,(H,16,17)(H,18,19). The molecular formula is C15H21NO4. The minimum atomic E-state index is -0.803. The molecule has 1 aromatic carbocycles. The van der Waals surface area contributed by atoms with E-state index in [1.807, 2.05) is 6.92 Å². The lowest BCUT2D eigenvalue weighted by atomic mass is 10.1. The number of carbonyl (C=O) groups excluding carboxylic acids is 1. The topological polar surface area (TPSA) is 75.6 Å². The van der Waals surface area contributed by atoms with E-state index in [1.165, 1.54) is 0 Å². The highest BCUT2D eigenvalue weighted by Gasteiger charge is 2.10. The molecule has 0 radical (unpaired) electrons. The van der Waals surface area contributed by atoms with Crippen LogP contribution in [0, 0.1) is 5.92 Å². The normalized spacial score (nSPS) is 11.7. The Morgan fingerprint density at radius 1 is 1.30 bits per heavy atom. The van der Waals surface area contributed by atoms with E-state index in [-0.39, 0.29) is 11.8 Å². The number of carbonyl (C=O) groups is 2. The smallest absolute Gasteiger partial charge is 0.306 e. The van der Waals surface area contributed by atoms with Crippen molar-refractivity contribution < 1.29 is 19.4 Å². The lowest BCUT2D eigenvalue weighted by Gasteiger charge is -2.08. The highest BCUT2D eigenvalue weighted by Crippen LogP contribution is 2.12. The molecule has 0 aliphatic carbocycles. The van der Waals surface area contributed by atoms with E-state index < -0.39 is 5.97 Å². The first-order valence-electron chi connectivity index (χ1n) is 6.78. The maximum atomic E-state index is 11.8. The Bertz CT molecular complexity index is 442. The van der Waals surface area contributed by atoms with Crippen LogP contribution in [-0.4, -0.2) is 30.1 Å². The van der Waals surface area contributed by atoms with Gasteiger partial charge in [-0.05, 0) is 44.0 Å². The molecule has 2 N–H and O–H groups in total. The molecule has 110 valence electrons. The second kappa shape index (κ2) is 8.19. The summed E-state index contributed by atoms with van der Waals surface area (Å²) in [6.45, 7) is 4.63. The molecule has 5 heteroatoms. The van der Waals surface area contributed by atoms with Crippen molar-refractivity contribution in [3.8, 4) is 5.75 Å². The zero-order valence-corrected chi connectivity index (χ0v) is 11.9. The summed E-state index contributed by atoms with van der Waals surface area (Å²) in [5, 5.41) is 11.5. The van der Waals surface area contributed by atoms with Crippen LogP contribution in [0.2, 0.25) is 0 Å². The number of ether oxygens (including phenoxy) is 1. The SMILES string of the molecule is CCOc1ccc(C(=O)NCCCC(C)C(=O)O)cc1. The highest BCUT2D eigenvalue weighted by atomic mass is 16.5. The number of hydrogen-bond donors (Lipinski definition) is 2. The van der Waals surface area contributed by atoms with Gasteiger partial charge in [0.05, 0.1) is 12.5 Å². The second-order valence-corrected chi connectivity index (χ2v) is 4.59. The van der Waals surface area contributed by atoms with Gasteiger partial charge in [0.1, 0.15) is 5.75 Å². The number of rotatable bonds is 8. The van der Waals surface area contributed by atoms with E-state index in [2.05, 4.69) is 5.32 Å². The Morgan fingerprint density at radius 3 is 2.50 bits per heavy atom. The summed E-state index contributed by atoms with van der Waals surface area (Å²) >= 11 is 0. The Balaban J connectivity index is 2.33. The van der Waals surface area contributed by atoms with E-state index in [0.29, 0.717) is 31.6 Å². The summed E-state index contributed by atoms with van der Waals surface area (Å²) in [5.74, 6) is -0.601. The molecular weight excluding hydrogens is 258 g/mol. The molecule has 0 saturated heterocycles. The molecule has 1 amide bonds. The van der Waals surface area contributed by atoms with Crippen LogP contribution >= 0.6 is 0 Å². The summed E-state index contributed by atoms with van der Waals surface area (Å²) in [7, 11) is 0. The molecule has 5 nitrogen and oxygen atoms in total. The summed E-state index contributed by atoms with van der Waals surface area (Å²) in [6.07, 6.45) is 1.20. The van der Waals surface area contributed by atoms with Crippen LogP contribution in [0.1, 0.15) is 37.0 Å². The average Bonchev–Trinajstić information content (AvgIpc) is 2.44. The molecule has 0 saturated carbocycles. The molecule has 0 spiro atoms. The molecule has 1 atom stereocenters. The zero-order valence-electron chi connectivity index (χ0n) is 11.9. The van der Waals surface area contributed by atoms with Crippen LogP contribution in [0.5, 0.6) is 5.75 Å². The molecule has 0 heterocycles. The third-order valence-electron chi connectivity index (χ3n) is 2.95. The first-order chi connectivity index (χ1) is 9.54. The number of hydrogen-bond acceptors (Lipinski definition) is 3. The van der Waals surface area contributed by atoms with Gasteiger partial charge in [0.15, 0.2) is 0 Å². The second-order valence-electron chi connectivity index (χ2n) is 4.59. The first kappa shape index (κ1) is 16.0. The van der Waals surface area contributed by atoms with Gasteiger partial charge >= 0.3 is 5.97 Å². The van der Waals surface area contributed by atoms with Gasteiger partial charge in [0.2, 0.25) is 0 Å². The van der Waals surface area contributed by atoms with Crippen molar-refractivity contribution in [3.63, 3.8) is 0 Å². The molecule has 0 aromatic heterocycles. The fourth-order valence-corrected chi connectivity index (χ4v) is 1.70. The van der Waals surface area contributed by atoms with Crippen molar-refractivity contribution in [1.29, 1.82) is 0 Å². The molecule has 0 aliphatic rings. The maximum Gasteiger partial charge on any atom is 0.306 e. The molecule has 1 aromatic rings. The van der Waals surface area contributed by atoms with Gasteiger partial charge in [-0.2, -0.15) is 0 Å². The first-order valence-corrected chi connectivity index (χ1v) is 6.78. The van der Waals surface area contributed by atoms with Crippen LogP contribution in [0.3, 0.4) is 0 Å². The summed E-state index contributed by atoms with van der Waals surface area (Å²) < 4.78 is 5.30. The number of aliphatic carboxylic acids is 1. The van der Waals surface area contributed by atoms with Gasteiger partial charge in [0, 0.05) is 12.1 Å². The fraction of sp³-hybridized carbons (Fsp3) is 0.467. The lowest BCUT2D eigenvalue weighted by molar-refractivity contribution is -0.141. The van der Waals surface area contributed by atoms with E-state index >= 15 is 0 Å². The molecule has 1 rings (SSSR count). The van der Waals surface area contributed by atoms with Crippen molar-refractivity contribution in [2.45, 2.75) is 26.7 Å². The van der Waals surface area contributed by atoms with Crippen LogP contribution in [0.4, 0.5) is 0 Å². The predicted octanol–water partition coefficient (Wildman–Crippen LogP) is 2.32. The minimum absolute atomic E-state index is 0.156. The van der Waals surface area contributed by atoms with E-state index in [4.69, 9.17) is 9.84 Å². The monoisotopic (exact) mass is 279 g/mol. The number of nitrogens with one attached hydrogen (secondary N) is 1. The van der Waals surface area contributed by atoms with Gasteiger partial charge in [-0.1, -0.05) is 6.92 Å². The quantitative estimate of drug-likeness (QED) is 0.716. The maximum absolute atomic E-state index is 11.8. The van der Waals surface area contributed by atoms with Gasteiger partial charge in [0.25, 0.3) is 5.91 Å². The van der Waals surface area contributed by atoms with Crippen LogP contribution in [-0.2, 0) is 4.79 Å². The van der Waals surface area contributed by atoms with Crippen molar-refractivity contribution >= 4 is 11.9 Å². The van der Waals surface area contributed by atoms with Crippen LogP contribution in [0.25, 0.3) is 0 Å². The fourth-order valence-electron chi connectivity index (χ4n) is 1.70. The Morgan fingerprint density at radius 2 is 1.95 bits per heavy atom. The van der Waals surface area contributed by atoms with Gasteiger partial charge < -0.3 is 15.2 Å².